The van der Waals surface area contributed by atoms with Gasteiger partial charge in [-0.25, -0.2) is 19.6 Å². The number of nitrogens with zero attached hydrogens (tertiary/aromatic N) is 5. The molecule has 1 saturated carbocycles. The molecule has 17 heteroatoms. The van der Waals surface area contributed by atoms with Gasteiger partial charge in [0.25, 0.3) is 0 Å². The molecule has 2 fully saturated rings. The Balaban J connectivity index is 1.26. The number of aliphatic hydroxyl groups is 1. The van der Waals surface area contributed by atoms with Gasteiger partial charge in [0.1, 0.15) is 24.0 Å². The van der Waals surface area contributed by atoms with Crippen molar-refractivity contribution in [3.05, 3.63) is 60.4 Å². The first-order valence-corrected chi connectivity index (χ1v) is 21.1. The summed E-state index contributed by atoms with van der Waals surface area (Å²) in [6.45, 7) is 6.16. The number of ether oxygens (including phenoxy) is 1. The Morgan fingerprint density at radius 2 is 1.67 bits per heavy atom. The molecule has 312 valence electrons. The van der Waals surface area contributed by atoms with Crippen LogP contribution in [0.4, 0.5) is 9.59 Å². The number of hydrogen-bond acceptors (Lipinski definition) is 10. The first kappa shape index (κ1) is 43.5. The largest absolute Gasteiger partial charge is 0.444 e. The van der Waals surface area contributed by atoms with Gasteiger partial charge < -0.3 is 41.0 Å². The second-order valence-corrected chi connectivity index (χ2v) is 17.3. The average molecular weight is 809 g/mol. The molecule has 1 saturated heterocycles. The number of hydrogen-bond donors (Lipinski definition) is 6. The fraction of sp³-hybridized carbons (Fsp3) is 0.625. The summed E-state index contributed by atoms with van der Waals surface area (Å²) in [7, 11) is 1.80. The number of aliphatic hydroxyl groups excluding tert-OH is 1. The smallest absolute Gasteiger partial charge is 0.407 e. The second kappa shape index (κ2) is 21.2. The number of carbonyl (C=O) groups excluding carboxylic acids is 4. The van der Waals surface area contributed by atoms with Gasteiger partial charge in [0.2, 0.25) is 17.0 Å². The molecule has 5 amide bonds. The summed E-state index contributed by atoms with van der Waals surface area (Å²) in [5.41, 5.74) is 0.861. The van der Waals surface area contributed by atoms with Crippen LogP contribution in [0.3, 0.4) is 0 Å². The van der Waals surface area contributed by atoms with E-state index in [1.54, 1.807) is 49.9 Å². The van der Waals surface area contributed by atoms with E-state index in [0.29, 0.717) is 61.3 Å². The number of imidazole rings is 1. The number of piperidine rings is 1. The topological polar surface area (TPSA) is 208 Å². The molecule has 16 nitrogen and oxygen atoms in total. The van der Waals surface area contributed by atoms with Gasteiger partial charge in [-0.1, -0.05) is 74.2 Å². The summed E-state index contributed by atoms with van der Waals surface area (Å²) >= 11 is 1.45. The average Bonchev–Trinajstić information content (AvgIpc) is 3.85. The van der Waals surface area contributed by atoms with E-state index in [1.165, 1.54) is 24.5 Å². The van der Waals surface area contributed by atoms with Crippen molar-refractivity contribution in [1.82, 2.24) is 50.9 Å². The minimum atomic E-state index is -1.03. The molecule has 2 aromatic heterocycles. The zero-order valence-electron chi connectivity index (χ0n) is 33.6. The molecule has 3 heterocycles. The van der Waals surface area contributed by atoms with Crippen LogP contribution >= 0.6 is 11.8 Å². The molecule has 57 heavy (non-hydrogen) atoms. The molecule has 1 aromatic carbocycles. The van der Waals surface area contributed by atoms with Gasteiger partial charge >= 0.3 is 12.1 Å². The van der Waals surface area contributed by atoms with Crippen LogP contribution in [-0.2, 0) is 34.2 Å². The fourth-order valence-corrected chi connectivity index (χ4v) is 8.18. The number of aromatic nitrogens is 5. The highest BCUT2D eigenvalue weighted by Gasteiger charge is 2.33. The van der Waals surface area contributed by atoms with Crippen molar-refractivity contribution in [2.75, 3.05) is 18.8 Å². The van der Waals surface area contributed by atoms with Gasteiger partial charge in [-0.3, -0.25) is 14.3 Å². The lowest BCUT2D eigenvalue weighted by Gasteiger charge is -2.34. The van der Waals surface area contributed by atoms with E-state index in [-0.39, 0.29) is 18.9 Å². The number of aryl methyl sites for hydroxylation is 1. The third kappa shape index (κ3) is 14.7. The second-order valence-electron chi connectivity index (χ2n) is 16.2. The quantitative estimate of drug-likeness (QED) is 0.109. The van der Waals surface area contributed by atoms with E-state index in [9.17, 15) is 24.3 Å². The Labute approximate surface area is 339 Å². The molecule has 3 aromatic rings. The number of urea groups is 1. The number of likely N-dealkylation sites (tertiary alicyclic amines) is 1. The van der Waals surface area contributed by atoms with Gasteiger partial charge in [0, 0.05) is 56.7 Å². The van der Waals surface area contributed by atoms with Crippen LogP contribution in [0.2, 0.25) is 0 Å². The molecule has 5 rings (SSSR count). The molecule has 0 spiro atoms. The van der Waals surface area contributed by atoms with Crippen LogP contribution in [-0.4, -0.2) is 113 Å². The van der Waals surface area contributed by atoms with Crippen molar-refractivity contribution in [2.45, 2.75) is 132 Å². The Kier molecular flexibility index (Phi) is 16.2. The van der Waals surface area contributed by atoms with Crippen molar-refractivity contribution >= 4 is 35.7 Å². The standard InChI is InChI=1S/C40H60N10O6S/c1-40(2,3)56-39(55)44-29-15-18-50(19-16-29)38(54)47-32(22-28-13-9-6-10-14-28)35(52)46-33(23-30-24-41-25-42-30)36(53)45-31(21-27-11-7-5-8-12-27)34(51)17-20-57-37-43-26-49(4)48-37/h6,9-10,13-14,24-27,29,31-34,51H,5,7-8,11-12,15-23H2,1-4H3,(H,41,42)(H,44,55)(H,45,53)(H,46,52)(H,47,54)/t31-,32-,33-,34-/m0/s1. The number of rotatable bonds is 17. The number of aromatic amines is 1. The Morgan fingerprint density at radius 1 is 0.965 bits per heavy atom. The number of alkyl carbamates (subject to hydrolysis) is 1. The predicted molar refractivity (Wildman–Crippen MR) is 216 cm³/mol. The lowest BCUT2D eigenvalue weighted by molar-refractivity contribution is -0.130. The number of thioether (sulfide) groups is 1. The minimum absolute atomic E-state index is 0.120. The van der Waals surface area contributed by atoms with E-state index >= 15 is 0 Å². The predicted octanol–water partition coefficient (Wildman–Crippen LogP) is 3.87. The maximum atomic E-state index is 14.3. The number of benzene rings is 1. The molecule has 4 atom stereocenters. The van der Waals surface area contributed by atoms with E-state index in [1.807, 2.05) is 30.3 Å². The first-order chi connectivity index (χ1) is 27.3. The minimum Gasteiger partial charge on any atom is -0.444 e. The van der Waals surface area contributed by atoms with Gasteiger partial charge in [0.15, 0.2) is 0 Å². The van der Waals surface area contributed by atoms with Crippen molar-refractivity contribution in [3.63, 3.8) is 0 Å². The molecular weight excluding hydrogens is 749 g/mol. The molecule has 1 aliphatic heterocycles. The van der Waals surface area contributed by atoms with Crippen molar-refractivity contribution in [1.29, 1.82) is 0 Å². The maximum absolute atomic E-state index is 14.3. The zero-order chi connectivity index (χ0) is 40.8. The van der Waals surface area contributed by atoms with Crippen LogP contribution in [0.5, 0.6) is 0 Å². The molecule has 0 unspecified atom stereocenters. The summed E-state index contributed by atoms with van der Waals surface area (Å²) in [6.07, 6.45) is 11.3. The normalized spacial score (nSPS) is 17.5. The molecular formula is C40H60N10O6S. The highest BCUT2D eigenvalue weighted by atomic mass is 32.2. The Bertz CT molecular complexity index is 1700. The van der Waals surface area contributed by atoms with Gasteiger partial charge in [-0.2, -0.15) is 0 Å². The summed E-state index contributed by atoms with van der Waals surface area (Å²) in [4.78, 5) is 67.5. The van der Waals surface area contributed by atoms with Crippen LogP contribution in [0, 0.1) is 5.92 Å². The van der Waals surface area contributed by atoms with Crippen LogP contribution in [0.1, 0.15) is 89.8 Å². The Morgan fingerprint density at radius 3 is 2.32 bits per heavy atom. The molecule has 6 N–H and O–H groups in total. The molecule has 2 aliphatic rings. The molecule has 0 radical (unpaired) electrons. The summed E-state index contributed by atoms with van der Waals surface area (Å²) in [5, 5.41) is 28.3. The van der Waals surface area contributed by atoms with Crippen LogP contribution in [0.25, 0.3) is 0 Å². The number of carbonyl (C=O) groups is 4. The summed E-state index contributed by atoms with van der Waals surface area (Å²) in [6, 6.07) is 6.25. The third-order valence-corrected chi connectivity index (χ3v) is 11.2. The van der Waals surface area contributed by atoms with Crippen molar-refractivity contribution < 1.29 is 29.0 Å². The van der Waals surface area contributed by atoms with E-state index in [2.05, 4.69) is 41.3 Å². The van der Waals surface area contributed by atoms with Crippen molar-refractivity contribution in [3.8, 4) is 0 Å². The van der Waals surface area contributed by atoms with E-state index in [4.69, 9.17) is 4.74 Å². The van der Waals surface area contributed by atoms with Gasteiger partial charge in [-0.15, -0.1) is 5.10 Å². The third-order valence-electron chi connectivity index (χ3n) is 10.3. The summed E-state index contributed by atoms with van der Waals surface area (Å²) in [5.74, 6) is -0.0127. The van der Waals surface area contributed by atoms with Gasteiger partial charge in [-0.05, 0) is 57.9 Å². The first-order valence-electron chi connectivity index (χ1n) is 20.1. The highest BCUT2D eigenvalue weighted by Crippen LogP contribution is 2.29. The number of nitrogens with one attached hydrogen (secondary N) is 5. The fourth-order valence-electron chi connectivity index (χ4n) is 7.33. The number of amides is 5. The lowest BCUT2D eigenvalue weighted by Crippen LogP contribution is -2.59. The van der Waals surface area contributed by atoms with Crippen LogP contribution in [0.15, 0.2) is 54.3 Å². The lowest BCUT2D eigenvalue weighted by atomic mass is 9.83. The monoisotopic (exact) mass is 808 g/mol. The van der Waals surface area contributed by atoms with E-state index < -0.39 is 53.8 Å². The highest BCUT2D eigenvalue weighted by molar-refractivity contribution is 7.99. The Hall–Kier alpha value is -4.64. The van der Waals surface area contributed by atoms with Crippen LogP contribution < -0.4 is 21.3 Å². The molecule has 1 aliphatic carbocycles. The van der Waals surface area contributed by atoms with Crippen molar-refractivity contribution in [2.24, 2.45) is 13.0 Å². The number of H-pyrrole nitrogens is 1. The van der Waals surface area contributed by atoms with Gasteiger partial charge in [0.05, 0.1) is 18.5 Å². The zero-order valence-corrected chi connectivity index (χ0v) is 34.4. The summed E-state index contributed by atoms with van der Waals surface area (Å²) < 4.78 is 7.02. The van der Waals surface area contributed by atoms with E-state index in [0.717, 1.165) is 31.2 Å². The SMILES string of the molecule is Cn1cnc(SCC[C@H](O)[C@H](CC2CCCCC2)NC(=O)[C@H](Cc2cnc[nH]2)NC(=O)[C@H](Cc2ccccc2)NC(=O)N2CCC(NC(=O)OC(C)(C)C)CC2)n1. The molecule has 0 bridgehead atoms. The maximum Gasteiger partial charge on any atom is 0.407 e.